The molecule has 0 aliphatic heterocycles. The lowest BCUT2D eigenvalue weighted by Crippen LogP contribution is -2.17. The summed E-state index contributed by atoms with van der Waals surface area (Å²) < 4.78 is 30.9. The highest BCUT2D eigenvalue weighted by Crippen LogP contribution is 2.26. The van der Waals surface area contributed by atoms with E-state index in [9.17, 15) is 18.4 Å². The maximum atomic E-state index is 13.1. The second-order valence-electron chi connectivity index (χ2n) is 4.69. The molecule has 1 N–H and O–H groups in total. The van der Waals surface area contributed by atoms with E-state index in [0.717, 1.165) is 0 Å². The average Bonchev–Trinajstić information content (AvgIpc) is 2.49. The Labute approximate surface area is 128 Å². The van der Waals surface area contributed by atoms with E-state index in [4.69, 9.17) is 4.74 Å². The van der Waals surface area contributed by atoms with E-state index < -0.39 is 6.08 Å². The number of esters is 1. The molecule has 0 bridgehead atoms. The van der Waals surface area contributed by atoms with Gasteiger partial charge in [-0.15, -0.1) is 0 Å². The van der Waals surface area contributed by atoms with Gasteiger partial charge in [0.2, 0.25) is 0 Å². The van der Waals surface area contributed by atoms with Crippen LogP contribution in [0.5, 0.6) is 0 Å². The number of halogens is 2. The first-order valence-electron chi connectivity index (χ1n) is 6.95. The third-order valence-corrected chi connectivity index (χ3v) is 3.08. The molecular formula is C16H19F2NO3. The average molecular weight is 311 g/mol. The topological polar surface area (TPSA) is 55.4 Å². The van der Waals surface area contributed by atoms with Gasteiger partial charge in [0.15, 0.2) is 0 Å². The summed E-state index contributed by atoms with van der Waals surface area (Å²) in [5.41, 5.74) is 0.756. The molecule has 6 heteroatoms. The van der Waals surface area contributed by atoms with Crippen molar-refractivity contribution in [1.29, 1.82) is 0 Å². The lowest BCUT2D eigenvalue weighted by atomic mass is 10.00. The summed E-state index contributed by atoms with van der Waals surface area (Å²) in [6, 6.07) is 6.03. The standard InChI is InChI=1S/C16H19F2NO3/c1-11(20)22-10-4-3-5-14(15(17)18)12-6-8-13(9-7-12)16(21)19-2/h6-9H,3-5,10H2,1-2H3,(H,19,21). The van der Waals surface area contributed by atoms with E-state index in [1.165, 1.54) is 38.2 Å². The van der Waals surface area contributed by atoms with Crippen molar-refractivity contribution in [1.82, 2.24) is 5.32 Å². The number of carbonyl (C=O) groups excluding carboxylic acids is 2. The number of ether oxygens (including phenoxy) is 1. The van der Waals surface area contributed by atoms with E-state index in [0.29, 0.717) is 24.0 Å². The van der Waals surface area contributed by atoms with Crippen LogP contribution in [0, 0.1) is 0 Å². The highest BCUT2D eigenvalue weighted by atomic mass is 19.3. The van der Waals surface area contributed by atoms with Crippen molar-refractivity contribution in [2.45, 2.75) is 26.2 Å². The van der Waals surface area contributed by atoms with Crippen molar-refractivity contribution in [2.24, 2.45) is 0 Å². The summed E-state index contributed by atoms with van der Waals surface area (Å²) >= 11 is 0. The fourth-order valence-electron chi connectivity index (χ4n) is 1.93. The maximum absolute atomic E-state index is 13.1. The third kappa shape index (κ3) is 5.63. The van der Waals surface area contributed by atoms with Gasteiger partial charge in [0, 0.05) is 25.1 Å². The van der Waals surface area contributed by atoms with E-state index in [1.54, 1.807) is 0 Å². The number of allylic oxidation sites excluding steroid dienone is 1. The van der Waals surface area contributed by atoms with Crippen LogP contribution in [0.25, 0.3) is 5.57 Å². The second kappa shape index (κ2) is 8.92. The summed E-state index contributed by atoms with van der Waals surface area (Å²) in [6.07, 6.45) is -0.549. The van der Waals surface area contributed by atoms with E-state index in [1.807, 2.05) is 0 Å². The maximum Gasteiger partial charge on any atom is 0.302 e. The zero-order valence-electron chi connectivity index (χ0n) is 12.6. The van der Waals surface area contributed by atoms with Crippen LogP contribution in [0.3, 0.4) is 0 Å². The summed E-state index contributed by atoms with van der Waals surface area (Å²) in [7, 11) is 1.51. The lowest BCUT2D eigenvalue weighted by molar-refractivity contribution is -0.141. The first-order valence-corrected chi connectivity index (χ1v) is 6.95. The van der Waals surface area contributed by atoms with Gasteiger partial charge in [0.25, 0.3) is 12.0 Å². The van der Waals surface area contributed by atoms with Crippen LogP contribution in [0.15, 0.2) is 30.3 Å². The quantitative estimate of drug-likeness (QED) is 0.620. The molecule has 0 aliphatic carbocycles. The van der Waals surface area contributed by atoms with Gasteiger partial charge < -0.3 is 10.1 Å². The largest absolute Gasteiger partial charge is 0.466 e. The first-order chi connectivity index (χ1) is 10.5. The van der Waals surface area contributed by atoms with Crippen LogP contribution in [0.1, 0.15) is 42.1 Å². The molecule has 0 aliphatic rings. The molecule has 0 radical (unpaired) electrons. The molecule has 1 amide bonds. The summed E-state index contributed by atoms with van der Waals surface area (Å²) in [5.74, 6) is -0.642. The van der Waals surface area contributed by atoms with Crippen molar-refractivity contribution < 1.29 is 23.1 Å². The summed E-state index contributed by atoms with van der Waals surface area (Å²) in [4.78, 5) is 22.0. The number of amides is 1. The molecular weight excluding hydrogens is 292 g/mol. The first kappa shape index (κ1) is 17.8. The Morgan fingerprint density at radius 3 is 2.18 bits per heavy atom. The highest BCUT2D eigenvalue weighted by Gasteiger charge is 2.11. The molecule has 0 saturated heterocycles. The molecule has 4 nitrogen and oxygen atoms in total. The molecule has 0 saturated carbocycles. The fourth-order valence-corrected chi connectivity index (χ4v) is 1.93. The predicted octanol–water partition coefficient (Wildman–Crippen LogP) is 3.39. The minimum atomic E-state index is -1.74. The number of hydrogen-bond donors (Lipinski definition) is 1. The zero-order chi connectivity index (χ0) is 16.5. The van der Waals surface area contributed by atoms with Crippen LogP contribution in [0.2, 0.25) is 0 Å². The van der Waals surface area contributed by atoms with Crippen molar-refractivity contribution >= 4 is 17.4 Å². The number of rotatable bonds is 7. The smallest absolute Gasteiger partial charge is 0.302 e. The molecule has 22 heavy (non-hydrogen) atoms. The van der Waals surface area contributed by atoms with Gasteiger partial charge in [-0.05, 0) is 37.0 Å². The Balaban J connectivity index is 2.66. The van der Waals surface area contributed by atoms with Crippen LogP contribution < -0.4 is 5.32 Å². The zero-order valence-corrected chi connectivity index (χ0v) is 12.6. The van der Waals surface area contributed by atoms with Crippen molar-refractivity contribution in [3.8, 4) is 0 Å². The number of carbonyl (C=O) groups is 2. The van der Waals surface area contributed by atoms with E-state index >= 15 is 0 Å². The van der Waals surface area contributed by atoms with Gasteiger partial charge >= 0.3 is 5.97 Å². The van der Waals surface area contributed by atoms with Crippen molar-refractivity contribution in [2.75, 3.05) is 13.7 Å². The Morgan fingerprint density at radius 1 is 1.09 bits per heavy atom. The molecule has 0 aromatic heterocycles. The monoisotopic (exact) mass is 311 g/mol. The number of benzene rings is 1. The predicted molar refractivity (Wildman–Crippen MR) is 79.5 cm³/mol. The molecule has 0 atom stereocenters. The second-order valence-corrected chi connectivity index (χ2v) is 4.69. The van der Waals surface area contributed by atoms with Gasteiger partial charge in [-0.2, -0.15) is 8.78 Å². The van der Waals surface area contributed by atoms with Crippen molar-refractivity contribution in [3.63, 3.8) is 0 Å². The SMILES string of the molecule is CNC(=O)c1ccc(C(CCCCOC(C)=O)=C(F)F)cc1. The third-order valence-electron chi connectivity index (χ3n) is 3.08. The summed E-state index contributed by atoms with van der Waals surface area (Å²) in [6.45, 7) is 1.53. The van der Waals surface area contributed by atoms with Gasteiger partial charge in [0.1, 0.15) is 0 Å². The Hall–Kier alpha value is -2.24. The molecule has 0 spiro atoms. The molecule has 1 rings (SSSR count). The normalized spacial score (nSPS) is 10.0. The molecule has 0 unspecified atom stereocenters. The number of unbranched alkanes of at least 4 members (excludes halogenated alkanes) is 1. The molecule has 1 aromatic carbocycles. The van der Waals surface area contributed by atoms with Crippen LogP contribution in [-0.2, 0) is 9.53 Å². The number of nitrogens with one attached hydrogen (secondary N) is 1. The minimum absolute atomic E-state index is 0.0497. The van der Waals surface area contributed by atoms with Gasteiger partial charge in [-0.3, -0.25) is 9.59 Å². The van der Waals surface area contributed by atoms with Crippen LogP contribution in [0.4, 0.5) is 8.78 Å². The van der Waals surface area contributed by atoms with Gasteiger partial charge in [-0.25, -0.2) is 0 Å². The van der Waals surface area contributed by atoms with E-state index in [-0.39, 0.29) is 30.5 Å². The number of hydrogen-bond acceptors (Lipinski definition) is 3. The van der Waals surface area contributed by atoms with E-state index in [2.05, 4.69) is 5.32 Å². The van der Waals surface area contributed by atoms with Crippen LogP contribution in [-0.4, -0.2) is 25.5 Å². The van der Waals surface area contributed by atoms with Crippen molar-refractivity contribution in [3.05, 3.63) is 41.5 Å². The highest BCUT2D eigenvalue weighted by molar-refractivity contribution is 5.94. The minimum Gasteiger partial charge on any atom is -0.466 e. The van der Waals surface area contributed by atoms with Gasteiger partial charge in [-0.1, -0.05) is 12.1 Å². The Morgan fingerprint density at radius 2 is 1.68 bits per heavy atom. The Bertz CT molecular complexity index is 549. The molecule has 1 aromatic rings. The molecule has 0 heterocycles. The molecule has 120 valence electrons. The lowest BCUT2D eigenvalue weighted by Gasteiger charge is -2.08. The Kier molecular flexibility index (Phi) is 7.22. The molecule has 0 fully saturated rings. The van der Waals surface area contributed by atoms with Crippen LogP contribution >= 0.6 is 0 Å². The van der Waals surface area contributed by atoms with Gasteiger partial charge in [0.05, 0.1) is 6.61 Å². The summed E-state index contributed by atoms with van der Waals surface area (Å²) in [5, 5.41) is 2.47. The fraction of sp³-hybridized carbons (Fsp3) is 0.375.